The highest BCUT2D eigenvalue weighted by Crippen LogP contribution is 2.16. The molecular formula is C15H17N5O2S. The van der Waals surface area contributed by atoms with Crippen LogP contribution >= 0.6 is 11.3 Å². The molecule has 0 aliphatic heterocycles. The monoisotopic (exact) mass is 331 g/mol. The Morgan fingerprint density at radius 3 is 2.96 bits per heavy atom. The van der Waals surface area contributed by atoms with Crippen molar-refractivity contribution in [2.24, 2.45) is 7.05 Å². The van der Waals surface area contributed by atoms with E-state index < -0.39 is 0 Å². The summed E-state index contributed by atoms with van der Waals surface area (Å²) in [5.41, 5.74) is 1.76. The van der Waals surface area contributed by atoms with E-state index in [9.17, 15) is 9.59 Å². The van der Waals surface area contributed by atoms with Crippen molar-refractivity contribution < 1.29 is 4.79 Å². The number of carbonyl (C=O) groups excluding carboxylic acids is 1. The third-order valence-corrected chi connectivity index (χ3v) is 4.70. The van der Waals surface area contributed by atoms with Crippen LogP contribution in [0.5, 0.6) is 0 Å². The Balaban J connectivity index is 1.74. The van der Waals surface area contributed by atoms with Gasteiger partial charge < -0.3 is 5.32 Å². The van der Waals surface area contributed by atoms with Crippen molar-refractivity contribution in [1.29, 1.82) is 0 Å². The number of hydrogen-bond acceptors (Lipinski definition) is 5. The first kappa shape index (κ1) is 15.4. The number of nitrogens with zero attached hydrogens (tertiary/aromatic N) is 4. The van der Waals surface area contributed by atoms with Crippen molar-refractivity contribution in [1.82, 2.24) is 24.6 Å². The van der Waals surface area contributed by atoms with Gasteiger partial charge >= 0.3 is 0 Å². The fourth-order valence-electron chi connectivity index (χ4n) is 2.47. The number of aromatic nitrogens is 4. The van der Waals surface area contributed by atoms with Crippen molar-refractivity contribution in [2.45, 2.75) is 26.4 Å². The van der Waals surface area contributed by atoms with Gasteiger partial charge in [-0.15, -0.1) is 11.3 Å². The summed E-state index contributed by atoms with van der Waals surface area (Å²) in [6.45, 7) is 3.79. The highest BCUT2D eigenvalue weighted by Gasteiger charge is 2.15. The molecule has 0 aliphatic rings. The Morgan fingerprint density at radius 2 is 2.26 bits per heavy atom. The molecule has 1 N–H and O–H groups in total. The summed E-state index contributed by atoms with van der Waals surface area (Å²) in [6, 6.07) is 1.55. The fourth-order valence-corrected chi connectivity index (χ4v) is 3.19. The normalized spacial score (nSPS) is 12.5. The summed E-state index contributed by atoms with van der Waals surface area (Å²) < 4.78 is 3.09. The van der Waals surface area contributed by atoms with Crippen LogP contribution in [-0.4, -0.2) is 25.2 Å². The Morgan fingerprint density at radius 1 is 1.48 bits per heavy atom. The van der Waals surface area contributed by atoms with Gasteiger partial charge in [0.25, 0.3) is 5.56 Å². The molecule has 0 aromatic carbocycles. The van der Waals surface area contributed by atoms with Gasteiger partial charge in [-0.05, 0) is 25.3 Å². The fraction of sp³-hybridized carbons (Fsp3) is 0.333. The topological polar surface area (TPSA) is 81.8 Å². The second-order valence-electron chi connectivity index (χ2n) is 5.42. The van der Waals surface area contributed by atoms with E-state index in [1.54, 1.807) is 16.9 Å². The molecule has 7 nitrogen and oxygen atoms in total. The number of aryl methyl sites for hydroxylation is 1. The van der Waals surface area contributed by atoms with Crippen molar-refractivity contribution in [3.63, 3.8) is 0 Å². The van der Waals surface area contributed by atoms with Crippen LogP contribution in [0.2, 0.25) is 0 Å². The van der Waals surface area contributed by atoms with Gasteiger partial charge in [0.05, 0.1) is 24.0 Å². The molecule has 0 bridgehead atoms. The van der Waals surface area contributed by atoms with Crippen LogP contribution in [-0.2, 0) is 18.4 Å². The minimum Gasteiger partial charge on any atom is -0.348 e. The average molecular weight is 331 g/mol. The van der Waals surface area contributed by atoms with Crippen LogP contribution in [0, 0.1) is 6.92 Å². The molecule has 3 aromatic rings. The van der Waals surface area contributed by atoms with Crippen LogP contribution < -0.4 is 10.9 Å². The molecule has 1 amide bonds. The summed E-state index contributed by atoms with van der Waals surface area (Å²) in [4.78, 5) is 29.4. The van der Waals surface area contributed by atoms with E-state index in [0.29, 0.717) is 10.2 Å². The summed E-state index contributed by atoms with van der Waals surface area (Å²) in [5, 5.41) is 9.42. The zero-order chi connectivity index (χ0) is 16.6. The van der Waals surface area contributed by atoms with Gasteiger partial charge in [-0.3, -0.25) is 18.8 Å². The smallest absolute Gasteiger partial charge is 0.262 e. The van der Waals surface area contributed by atoms with Crippen LogP contribution in [0.25, 0.3) is 10.2 Å². The molecule has 0 fully saturated rings. The standard InChI is InChI=1S/C15H17N5O2S/c1-9(12-6-17-19(3)10(12)2)18-13(21)7-20-8-16-14-11(15(20)22)4-5-23-14/h4-6,8-9H,7H2,1-3H3,(H,18,21)/t9-/m0/s1. The van der Waals surface area contributed by atoms with E-state index >= 15 is 0 Å². The predicted octanol–water partition coefficient (Wildman–Crippen LogP) is 1.38. The molecule has 3 heterocycles. The maximum atomic E-state index is 12.3. The largest absolute Gasteiger partial charge is 0.348 e. The number of thiophene rings is 1. The van der Waals surface area contributed by atoms with Crippen molar-refractivity contribution >= 4 is 27.5 Å². The zero-order valence-corrected chi connectivity index (χ0v) is 13.9. The number of amides is 1. The van der Waals surface area contributed by atoms with Crippen molar-refractivity contribution in [3.8, 4) is 0 Å². The lowest BCUT2D eigenvalue weighted by Gasteiger charge is -2.14. The lowest BCUT2D eigenvalue weighted by atomic mass is 10.1. The van der Waals surface area contributed by atoms with Gasteiger partial charge in [-0.1, -0.05) is 0 Å². The Hall–Kier alpha value is -2.48. The highest BCUT2D eigenvalue weighted by atomic mass is 32.1. The van der Waals surface area contributed by atoms with E-state index in [1.165, 1.54) is 22.2 Å². The van der Waals surface area contributed by atoms with Gasteiger partial charge in [0.15, 0.2) is 0 Å². The highest BCUT2D eigenvalue weighted by molar-refractivity contribution is 7.16. The summed E-state index contributed by atoms with van der Waals surface area (Å²) in [7, 11) is 1.86. The van der Waals surface area contributed by atoms with Crippen LogP contribution in [0.1, 0.15) is 24.2 Å². The molecule has 0 saturated heterocycles. The molecule has 0 aliphatic carbocycles. The van der Waals surface area contributed by atoms with E-state index in [-0.39, 0.29) is 24.1 Å². The number of nitrogens with one attached hydrogen (secondary N) is 1. The Labute approximate surface area is 136 Å². The maximum Gasteiger partial charge on any atom is 0.262 e. The SMILES string of the molecule is Cc1c([C@H](C)NC(=O)Cn2cnc3sccc3c2=O)cnn1C. The van der Waals surface area contributed by atoms with E-state index in [1.807, 2.05) is 26.3 Å². The molecule has 0 saturated carbocycles. The number of rotatable bonds is 4. The first-order valence-corrected chi connectivity index (χ1v) is 8.06. The third kappa shape index (κ3) is 2.89. The lowest BCUT2D eigenvalue weighted by Crippen LogP contribution is -2.34. The van der Waals surface area contributed by atoms with E-state index in [0.717, 1.165) is 11.3 Å². The van der Waals surface area contributed by atoms with Gasteiger partial charge in [-0.2, -0.15) is 5.10 Å². The first-order chi connectivity index (χ1) is 11.0. The molecule has 8 heteroatoms. The average Bonchev–Trinajstić information content (AvgIpc) is 3.10. The second-order valence-corrected chi connectivity index (χ2v) is 6.31. The molecule has 1 atom stereocenters. The second kappa shape index (κ2) is 5.96. The first-order valence-electron chi connectivity index (χ1n) is 7.18. The zero-order valence-electron chi connectivity index (χ0n) is 13.1. The van der Waals surface area contributed by atoms with Crippen LogP contribution in [0.3, 0.4) is 0 Å². The molecular weight excluding hydrogens is 314 g/mol. The van der Waals surface area contributed by atoms with Gasteiger partial charge in [0, 0.05) is 18.3 Å². The predicted molar refractivity (Wildman–Crippen MR) is 88.4 cm³/mol. The molecule has 0 unspecified atom stereocenters. The summed E-state index contributed by atoms with van der Waals surface area (Å²) in [5.74, 6) is -0.237. The Bertz CT molecular complexity index is 923. The van der Waals surface area contributed by atoms with Gasteiger partial charge in [-0.25, -0.2) is 4.98 Å². The van der Waals surface area contributed by atoms with Crippen LogP contribution in [0.15, 0.2) is 28.8 Å². The summed E-state index contributed by atoms with van der Waals surface area (Å²) in [6.07, 6.45) is 3.16. The van der Waals surface area contributed by atoms with Crippen molar-refractivity contribution in [3.05, 3.63) is 45.6 Å². The van der Waals surface area contributed by atoms with E-state index in [2.05, 4.69) is 15.4 Å². The quantitative estimate of drug-likeness (QED) is 0.783. The molecule has 0 spiro atoms. The minimum absolute atomic E-state index is 0.0543. The van der Waals surface area contributed by atoms with E-state index in [4.69, 9.17) is 0 Å². The minimum atomic E-state index is -0.237. The van der Waals surface area contributed by atoms with Gasteiger partial charge in [0.2, 0.25) is 5.91 Å². The van der Waals surface area contributed by atoms with Crippen LogP contribution in [0.4, 0.5) is 0 Å². The third-order valence-electron chi connectivity index (χ3n) is 3.88. The molecule has 3 aromatic heterocycles. The molecule has 23 heavy (non-hydrogen) atoms. The Kier molecular flexibility index (Phi) is 3.99. The number of carbonyl (C=O) groups is 1. The molecule has 120 valence electrons. The number of fused-ring (bicyclic) bond motifs is 1. The number of hydrogen-bond donors (Lipinski definition) is 1. The molecule has 3 rings (SSSR count). The maximum absolute atomic E-state index is 12.3. The van der Waals surface area contributed by atoms with Crippen molar-refractivity contribution in [2.75, 3.05) is 0 Å². The molecule has 0 radical (unpaired) electrons. The summed E-state index contributed by atoms with van der Waals surface area (Å²) >= 11 is 1.41. The van der Waals surface area contributed by atoms with Gasteiger partial charge in [0.1, 0.15) is 11.4 Å². The lowest BCUT2D eigenvalue weighted by molar-refractivity contribution is -0.122.